The average Bonchev–Trinajstić information content (AvgIpc) is 2.70. The van der Waals surface area contributed by atoms with Crippen LogP contribution in [0.2, 0.25) is 0 Å². The number of aliphatic hydroxyl groups is 2. The normalized spacial score (nSPS) is 13.2. The first-order valence-electron chi connectivity index (χ1n) is 8.16. The predicted octanol–water partition coefficient (Wildman–Crippen LogP) is 2.09. The number of methoxy groups -OCH3 is 2. The van der Waals surface area contributed by atoms with Crippen LogP contribution in [0.4, 0.5) is 0 Å². The molecule has 0 radical (unpaired) electrons. The summed E-state index contributed by atoms with van der Waals surface area (Å²) in [7, 11) is 2.86. The maximum Gasteiger partial charge on any atom is 0.161 e. The maximum atomic E-state index is 10.6. The molecule has 7 heteroatoms. The van der Waals surface area contributed by atoms with Crippen LogP contribution in [0.15, 0.2) is 42.5 Å². The van der Waals surface area contributed by atoms with E-state index < -0.39 is 18.8 Å². The highest BCUT2D eigenvalue weighted by molar-refractivity contribution is 5.74. The standard InChI is InChI=1S/C20H22O7/c1-25-17-11-14(6-7-15(17)23)20(24)19(12-22)27-16-8-5-13(4-3-9-21)10-18(16)26-2/h3-11,19-20,22-24H,12H2,1-2H3/b4-3+/t19-,20-/m0/s1. The number of carbonyl (C=O) groups is 1. The summed E-state index contributed by atoms with van der Waals surface area (Å²) < 4.78 is 16.1. The lowest BCUT2D eigenvalue weighted by molar-refractivity contribution is -0.104. The highest BCUT2D eigenvalue weighted by atomic mass is 16.5. The number of rotatable bonds is 9. The van der Waals surface area contributed by atoms with Gasteiger partial charge in [-0.2, -0.15) is 0 Å². The average molecular weight is 374 g/mol. The molecule has 0 spiro atoms. The number of carbonyl (C=O) groups excluding carboxylic acids is 1. The number of hydrogen-bond acceptors (Lipinski definition) is 7. The van der Waals surface area contributed by atoms with Crippen molar-refractivity contribution in [2.45, 2.75) is 12.2 Å². The predicted molar refractivity (Wildman–Crippen MR) is 99.2 cm³/mol. The molecular formula is C20H22O7. The van der Waals surface area contributed by atoms with Crippen molar-refractivity contribution in [1.29, 1.82) is 0 Å². The molecule has 0 heterocycles. The zero-order valence-electron chi connectivity index (χ0n) is 15.0. The molecule has 0 saturated carbocycles. The van der Waals surface area contributed by atoms with Crippen LogP contribution in [0, 0.1) is 0 Å². The molecule has 27 heavy (non-hydrogen) atoms. The summed E-state index contributed by atoms with van der Waals surface area (Å²) in [5, 5.41) is 29.9. The lowest BCUT2D eigenvalue weighted by atomic mass is 10.0. The summed E-state index contributed by atoms with van der Waals surface area (Å²) >= 11 is 0. The molecule has 2 aromatic rings. The van der Waals surface area contributed by atoms with Crippen molar-refractivity contribution in [3.63, 3.8) is 0 Å². The number of aromatic hydroxyl groups is 1. The van der Waals surface area contributed by atoms with E-state index in [1.165, 1.54) is 38.5 Å². The lowest BCUT2D eigenvalue weighted by Crippen LogP contribution is -2.29. The van der Waals surface area contributed by atoms with Crippen molar-refractivity contribution < 1.29 is 34.3 Å². The molecular weight excluding hydrogens is 352 g/mol. The third kappa shape index (κ3) is 4.99. The Balaban J connectivity index is 2.25. The summed E-state index contributed by atoms with van der Waals surface area (Å²) in [4.78, 5) is 10.4. The highest BCUT2D eigenvalue weighted by Gasteiger charge is 2.24. The van der Waals surface area contributed by atoms with Crippen molar-refractivity contribution in [3.05, 3.63) is 53.6 Å². The Bertz CT molecular complexity index is 801. The summed E-state index contributed by atoms with van der Waals surface area (Å²) in [6, 6.07) is 9.37. The molecule has 0 aliphatic rings. The van der Waals surface area contributed by atoms with Crippen LogP contribution in [0.5, 0.6) is 23.0 Å². The first-order valence-corrected chi connectivity index (χ1v) is 8.16. The van der Waals surface area contributed by atoms with Gasteiger partial charge in [0.2, 0.25) is 0 Å². The van der Waals surface area contributed by atoms with Crippen molar-refractivity contribution in [3.8, 4) is 23.0 Å². The number of benzene rings is 2. The van der Waals surface area contributed by atoms with E-state index in [4.69, 9.17) is 14.2 Å². The number of allylic oxidation sites excluding steroid dienone is 1. The third-order valence-corrected chi connectivity index (χ3v) is 3.91. The van der Waals surface area contributed by atoms with E-state index in [-0.39, 0.29) is 11.5 Å². The second-order valence-corrected chi connectivity index (χ2v) is 5.62. The largest absolute Gasteiger partial charge is 0.504 e. The zero-order valence-corrected chi connectivity index (χ0v) is 15.0. The number of aldehydes is 1. The first-order chi connectivity index (χ1) is 13.0. The highest BCUT2D eigenvalue weighted by Crippen LogP contribution is 2.34. The fraction of sp³-hybridized carbons (Fsp3) is 0.250. The van der Waals surface area contributed by atoms with Crippen LogP contribution in [-0.2, 0) is 4.79 Å². The van der Waals surface area contributed by atoms with Crippen LogP contribution in [0.3, 0.4) is 0 Å². The van der Waals surface area contributed by atoms with Gasteiger partial charge in [-0.15, -0.1) is 0 Å². The second kappa shape index (κ2) is 9.61. The van der Waals surface area contributed by atoms with Gasteiger partial charge in [-0.1, -0.05) is 18.2 Å². The van der Waals surface area contributed by atoms with E-state index in [0.29, 0.717) is 23.3 Å². The molecule has 0 bridgehead atoms. The number of phenols is 1. The molecule has 0 fully saturated rings. The Morgan fingerprint density at radius 1 is 1.04 bits per heavy atom. The van der Waals surface area contributed by atoms with Crippen LogP contribution >= 0.6 is 0 Å². The van der Waals surface area contributed by atoms with Gasteiger partial charge in [-0.3, -0.25) is 4.79 Å². The van der Waals surface area contributed by atoms with Crippen LogP contribution in [0.1, 0.15) is 17.2 Å². The summed E-state index contributed by atoms with van der Waals surface area (Å²) in [5.41, 5.74) is 1.14. The second-order valence-electron chi connectivity index (χ2n) is 5.62. The molecule has 144 valence electrons. The minimum Gasteiger partial charge on any atom is -0.504 e. The molecule has 0 unspecified atom stereocenters. The first kappa shape index (κ1) is 20.3. The zero-order chi connectivity index (χ0) is 19.8. The van der Waals surface area contributed by atoms with E-state index in [0.717, 1.165) is 5.56 Å². The van der Waals surface area contributed by atoms with Gasteiger partial charge in [0.25, 0.3) is 0 Å². The maximum absolute atomic E-state index is 10.6. The summed E-state index contributed by atoms with van der Waals surface area (Å²) in [6.45, 7) is -0.458. The Morgan fingerprint density at radius 3 is 2.41 bits per heavy atom. The van der Waals surface area contributed by atoms with E-state index in [1.807, 2.05) is 0 Å². The SMILES string of the molecule is COc1cc([C@H](O)[C@H](CO)Oc2ccc(/C=C/C=O)cc2OC)ccc1O. The van der Waals surface area contributed by atoms with Crippen LogP contribution in [0.25, 0.3) is 6.08 Å². The van der Waals surface area contributed by atoms with Gasteiger partial charge in [-0.25, -0.2) is 0 Å². The molecule has 2 rings (SSSR count). The van der Waals surface area contributed by atoms with E-state index in [1.54, 1.807) is 24.3 Å². The third-order valence-electron chi connectivity index (χ3n) is 3.91. The number of aliphatic hydroxyl groups excluding tert-OH is 2. The van der Waals surface area contributed by atoms with Gasteiger partial charge in [0, 0.05) is 0 Å². The van der Waals surface area contributed by atoms with Crippen molar-refractivity contribution in [1.82, 2.24) is 0 Å². The minimum atomic E-state index is -1.18. The molecule has 0 aliphatic carbocycles. The van der Waals surface area contributed by atoms with Crippen LogP contribution in [-0.4, -0.2) is 48.5 Å². The van der Waals surface area contributed by atoms with Crippen LogP contribution < -0.4 is 14.2 Å². The minimum absolute atomic E-state index is 0.0597. The van der Waals surface area contributed by atoms with Gasteiger partial charge in [0.15, 0.2) is 29.1 Å². The fourth-order valence-electron chi connectivity index (χ4n) is 2.49. The Morgan fingerprint density at radius 2 is 1.78 bits per heavy atom. The molecule has 2 atom stereocenters. The van der Waals surface area contributed by atoms with Gasteiger partial charge < -0.3 is 29.5 Å². The van der Waals surface area contributed by atoms with E-state index in [2.05, 4.69) is 0 Å². The fourth-order valence-corrected chi connectivity index (χ4v) is 2.49. The topological polar surface area (TPSA) is 105 Å². The van der Waals surface area contributed by atoms with Crippen molar-refractivity contribution >= 4 is 12.4 Å². The summed E-state index contributed by atoms with van der Waals surface area (Å²) in [5.74, 6) is 0.851. The molecule has 3 N–H and O–H groups in total. The summed E-state index contributed by atoms with van der Waals surface area (Å²) in [6.07, 6.45) is 1.48. The smallest absolute Gasteiger partial charge is 0.161 e. The monoisotopic (exact) mass is 374 g/mol. The lowest BCUT2D eigenvalue weighted by Gasteiger charge is -2.24. The number of phenolic OH excluding ortho intramolecular Hbond substituents is 1. The Labute approximate surface area is 157 Å². The molecule has 0 saturated heterocycles. The number of hydrogen-bond donors (Lipinski definition) is 3. The molecule has 2 aromatic carbocycles. The van der Waals surface area contributed by atoms with E-state index >= 15 is 0 Å². The van der Waals surface area contributed by atoms with Crippen molar-refractivity contribution in [2.75, 3.05) is 20.8 Å². The molecule has 0 aromatic heterocycles. The quantitative estimate of drug-likeness (QED) is 0.456. The Kier molecular flexibility index (Phi) is 7.22. The molecule has 7 nitrogen and oxygen atoms in total. The Hall–Kier alpha value is -3.03. The van der Waals surface area contributed by atoms with Gasteiger partial charge >= 0.3 is 0 Å². The molecule has 0 amide bonds. The van der Waals surface area contributed by atoms with Gasteiger partial charge in [0.05, 0.1) is 20.8 Å². The molecule has 0 aliphatic heterocycles. The number of ether oxygens (including phenoxy) is 3. The van der Waals surface area contributed by atoms with Gasteiger partial charge in [0.1, 0.15) is 12.4 Å². The van der Waals surface area contributed by atoms with E-state index in [9.17, 15) is 20.1 Å². The van der Waals surface area contributed by atoms with Gasteiger partial charge in [-0.05, 0) is 41.5 Å². The van der Waals surface area contributed by atoms with Crippen molar-refractivity contribution in [2.24, 2.45) is 0 Å².